The Balaban J connectivity index is 2.44. The van der Waals surface area contributed by atoms with Crippen LogP contribution in [0.5, 0.6) is 0 Å². The van der Waals surface area contributed by atoms with Crippen LogP contribution >= 0.6 is 15.9 Å². The average Bonchev–Trinajstić information content (AvgIpc) is 2.28. The van der Waals surface area contributed by atoms with Gasteiger partial charge in [-0.2, -0.15) is 9.97 Å². The van der Waals surface area contributed by atoms with Gasteiger partial charge in [0, 0.05) is 28.9 Å². The Morgan fingerprint density at radius 1 is 1.24 bits per heavy atom. The molecule has 0 spiro atoms. The highest BCUT2D eigenvalue weighted by Gasteiger charge is 2.07. The lowest BCUT2D eigenvalue weighted by atomic mass is 10.2. The molecule has 17 heavy (non-hydrogen) atoms. The summed E-state index contributed by atoms with van der Waals surface area (Å²) in [5, 5.41) is 0. The van der Waals surface area contributed by atoms with E-state index in [2.05, 4.69) is 42.8 Å². The third-order valence-electron chi connectivity index (χ3n) is 2.14. The molecule has 0 saturated heterocycles. The van der Waals surface area contributed by atoms with Crippen LogP contribution < -0.4 is 5.73 Å². The molecule has 0 atom stereocenters. The van der Waals surface area contributed by atoms with Crippen molar-refractivity contribution in [3.63, 3.8) is 0 Å². The van der Waals surface area contributed by atoms with Crippen LogP contribution in [0.4, 0.5) is 5.95 Å². The van der Waals surface area contributed by atoms with Crippen molar-refractivity contribution in [2.75, 3.05) is 5.73 Å². The number of halogens is 1. The topological polar surface area (TPSA) is 77.6 Å². The fourth-order valence-electron chi connectivity index (χ4n) is 1.44. The van der Waals surface area contributed by atoms with Crippen molar-refractivity contribution in [3.05, 3.63) is 28.8 Å². The van der Waals surface area contributed by atoms with E-state index in [9.17, 15) is 0 Å². The summed E-state index contributed by atoms with van der Waals surface area (Å²) in [6.45, 7) is 2.07. The number of nitrogen functional groups attached to an aromatic ring is 1. The molecule has 0 aromatic carbocycles. The quantitative estimate of drug-likeness (QED) is 0.939. The fourth-order valence-corrected chi connectivity index (χ4v) is 1.80. The Bertz CT molecular complexity index is 529. The van der Waals surface area contributed by atoms with Crippen LogP contribution in [-0.2, 0) is 6.42 Å². The first kappa shape index (κ1) is 11.9. The van der Waals surface area contributed by atoms with E-state index in [1.165, 1.54) is 0 Å². The molecule has 2 aromatic rings. The van der Waals surface area contributed by atoms with Gasteiger partial charge in [-0.05, 0) is 28.4 Å². The van der Waals surface area contributed by atoms with Gasteiger partial charge in [-0.3, -0.25) is 4.98 Å². The molecule has 2 N–H and O–H groups in total. The lowest BCUT2D eigenvalue weighted by Gasteiger charge is -2.04. The Labute approximate surface area is 108 Å². The van der Waals surface area contributed by atoms with Crippen LogP contribution in [0.3, 0.4) is 0 Å². The van der Waals surface area contributed by atoms with Crippen molar-refractivity contribution in [1.82, 2.24) is 19.9 Å². The largest absolute Gasteiger partial charge is 0.368 e. The summed E-state index contributed by atoms with van der Waals surface area (Å²) in [5.74, 6) is 1.53. The molecule has 0 unspecified atom stereocenters. The number of hydrogen-bond donors (Lipinski definition) is 1. The van der Waals surface area contributed by atoms with Gasteiger partial charge in [0.2, 0.25) is 5.95 Å². The van der Waals surface area contributed by atoms with Crippen molar-refractivity contribution in [2.24, 2.45) is 0 Å². The van der Waals surface area contributed by atoms with Crippen LogP contribution in [0.15, 0.2) is 22.9 Å². The SMILES string of the molecule is CCCc1nc(N)nc(-c2cncc(Br)c2)n1. The summed E-state index contributed by atoms with van der Waals surface area (Å²) in [6, 6.07) is 1.90. The third kappa shape index (κ3) is 2.97. The maximum absolute atomic E-state index is 5.67. The van der Waals surface area contributed by atoms with Gasteiger partial charge < -0.3 is 5.73 Å². The standard InChI is InChI=1S/C11H12BrN5/c1-2-3-9-15-10(17-11(13)16-9)7-4-8(12)6-14-5-7/h4-6H,2-3H2,1H3,(H2,13,15,16,17). The van der Waals surface area contributed by atoms with E-state index in [1.807, 2.05) is 6.07 Å². The predicted octanol–water partition coefficient (Wildman–Crippen LogP) is 2.23. The molecule has 0 bridgehead atoms. The molecule has 0 aliphatic rings. The highest BCUT2D eigenvalue weighted by molar-refractivity contribution is 9.10. The van der Waals surface area contributed by atoms with Crippen molar-refractivity contribution >= 4 is 21.9 Å². The monoisotopic (exact) mass is 293 g/mol. The minimum Gasteiger partial charge on any atom is -0.368 e. The first-order valence-electron chi connectivity index (χ1n) is 5.30. The highest BCUT2D eigenvalue weighted by Crippen LogP contribution is 2.18. The zero-order chi connectivity index (χ0) is 12.3. The van der Waals surface area contributed by atoms with Gasteiger partial charge in [-0.15, -0.1) is 0 Å². The van der Waals surface area contributed by atoms with Crippen LogP contribution in [0.1, 0.15) is 19.2 Å². The second kappa shape index (κ2) is 5.18. The smallest absolute Gasteiger partial charge is 0.223 e. The van der Waals surface area contributed by atoms with Crippen molar-refractivity contribution in [3.8, 4) is 11.4 Å². The number of anilines is 1. The molecule has 6 heteroatoms. The lowest BCUT2D eigenvalue weighted by molar-refractivity contribution is 0.824. The first-order chi connectivity index (χ1) is 8.19. The number of aryl methyl sites for hydroxylation is 1. The van der Waals surface area contributed by atoms with Crippen molar-refractivity contribution in [2.45, 2.75) is 19.8 Å². The number of nitrogens with zero attached hydrogens (tertiary/aromatic N) is 4. The van der Waals surface area contributed by atoms with Gasteiger partial charge >= 0.3 is 0 Å². The van der Waals surface area contributed by atoms with Gasteiger partial charge in [-0.25, -0.2) is 4.98 Å². The molecule has 2 aromatic heterocycles. The minimum atomic E-state index is 0.249. The van der Waals surface area contributed by atoms with Gasteiger partial charge in [0.1, 0.15) is 5.82 Å². The summed E-state index contributed by atoms with van der Waals surface area (Å²) >= 11 is 3.36. The number of pyridine rings is 1. The predicted molar refractivity (Wildman–Crippen MR) is 69.2 cm³/mol. The molecule has 2 heterocycles. The Morgan fingerprint density at radius 2 is 2.06 bits per heavy atom. The Kier molecular flexibility index (Phi) is 3.63. The van der Waals surface area contributed by atoms with Crippen molar-refractivity contribution < 1.29 is 0 Å². The molecule has 0 aliphatic carbocycles. The Morgan fingerprint density at radius 3 is 2.76 bits per heavy atom. The van der Waals surface area contributed by atoms with Crippen LogP contribution in [0.2, 0.25) is 0 Å². The molecule has 0 amide bonds. The molecule has 88 valence electrons. The molecular weight excluding hydrogens is 282 g/mol. The van der Waals surface area contributed by atoms with E-state index in [0.29, 0.717) is 5.82 Å². The van der Waals surface area contributed by atoms with Crippen LogP contribution in [0, 0.1) is 0 Å². The fraction of sp³-hybridized carbons (Fsp3) is 0.273. The number of rotatable bonds is 3. The van der Waals surface area contributed by atoms with E-state index in [4.69, 9.17) is 5.73 Å². The van der Waals surface area contributed by atoms with Gasteiger partial charge in [-0.1, -0.05) is 6.92 Å². The lowest BCUT2D eigenvalue weighted by Crippen LogP contribution is -2.04. The highest BCUT2D eigenvalue weighted by atomic mass is 79.9. The van der Waals surface area contributed by atoms with Gasteiger partial charge in [0.25, 0.3) is 0 Å². The van der Waals surface area contributed by atoms with Gasteiger partial charge in [0.15, 0.2) is 5.82 Å². The maximum Gasteiger partial charge on any atom is 0.223 e. The van der Waals surface area contributed by atoms with Crippen molar-refractivity contribution in [1.29, 1.82) is 0 Å². The van der Waals surface area contributed by atoms with E-state index in [0.717, 1.165) is 28.7 Å². The zero-order valence-corrected chi connectivity index (χ0v) is 11.0. The summed E-state index contributed by atoms with van der Waals surface area (Å²) < 4.78 is 0.881. The second-order valence-corrected chi connectivity index (χ2v) is 4.49. The molecule has 0 saturated carbocycles. The maximum atomic E-state index is 5.67. The van der Waals surface area contributed by atoms with Crippen LogP contribution in [-0.4, -0.2) is 19.9 Å². The second-order valence-electron chi connectivity index (χ2n) is 3.58. The number of nitrogens with two attached hydrogens (primary N) is 1. The summed E-state index contributed by atoms with van der Waals surface area (Å²) in [6.07, 6.45) is 5.18. The number of aromatic nitrogens is 4. The van der Waals surface area contributed by atoms with E-state index < -0.39 is 0 Å². The molecule has 5 nitrogen and oxygen atoms in total. The minimum absolute atomic E-state index is 0.249. The summed E-state index contributed by atoms with van der Waals surface area (Å²) in [7, 11) is 0. The summed E-state index contributed by atoms with van der Waals surface area (Å²) in [4.78, 5) is 16.7. The molecule has 0 aliphatic heterocycles. The zero-order valence-electron chi connectivity index (χ0n) is 9.39. The van der Waals surface area contributed by atoms with E-state index >= 15 is 0 Å². The molecule has 2 rings (SSSR count). The molecular formula is C11H12BrN5. The third-order valence-corrected chi connectivity index (χ3v) is 2.57. The first-order valence-corrected chi connectivity index (χ1v) is 6.09. The summed E-state index contributed by atoms with van der Waals surface area (Å²) in [5.41, 5.74) is 6.50. The van der Waals surface area contributed by atoms with E-state index in [1.54, 1.807) is 12.4 Å². The Hall–Kier alpha value is -1.56. The van der Waals surface area contributed by atoms with Gasteiger partial charge in [0.05, 0.1) is 0 Å². The van der Waals surface area contributed by atoms with Crippen LogP contribution in [0.25, 0.3) is 11.4 Å². The normalized spacial score (nSPS) is 10.5. The molecule has 0 radical (unpaired) electrons. The van der Waals surface area contributed by atoms with E-state index in [-0.39, 0.29) is 5.95 Å². The average molecular weight is 294 g/mol. The molecule has 0 fully saturated rings. The number of hydrogen-bond acceptors (Lipinski definition) is 5.